The number of H-pyrrole nitrogens is 1. The third-order valence-corrected chi connectivity index (χ3v) is 5.24. The first-order valence-corrected chi connectivity index (χ1v) is 9.02. The minimum Gasteiger partial charge on any atom is -0.342 e. The van der Waals surface area contributed by atoms with Gasteiger partial charge in [-0.2, -0.15) is 0 Å². The predicted octanol–water partition coefficient (Wildman–Crippen LogP) is 3.80. The molecule has 1 N–H and O–H groups in total. The fourth-order valence-corrected chi connectivity index (χ4v) is 3.77. The number of aromatic amines is 1. The summed E-state index contributed by atoms with van der Waals surface area (Å²) in [7, 11) is 0. The number of aromatic nitrogens is 2. The Morgan fingerprint density at radius 2 is 2.07 bits per heavy atom. The summed E-state index contributed by atoms with van der Waals surface area (Å²) in [6, 6.07) is 12.5. The molecule has 1 aromatic heterocycles. The highest BCUT2D eigenvalue weighted by Crippen LogP contribution is 2.29. The van der Waals surface area contributed by atoms with E-state index in [1.54, 1.807) is 24.0 Å². The number of hydrogen-bond donors (Lipinski definition) is 1. The van der Waals surface area contributed by atoms with E-state index in [4.69, 9.17) is 0 Å². The number of likely N-dealkylation sites (tertiary alicyclic amines) is 1. The van der Waals surface area contributed by atoms with Crippen molar-refractivity contribution >= 4 is 22.6 Å². The van der Waals surface area contributed by atoms with Gasteiger partial charge in [-0.25, -0.2) is 4.98 Å². The van der Waals surface area contributed by atoms with Crippen LogP contribution in [0.4, 0.5) is 5.69 Å². The number of nitro groups is 1. The van der Waals surface area contributed by atoms with Crippen molar-refractivity contribution < 1.29 is 9.72 Å². The van der Waals surface area contributed by atoms with E-state index in [0.717, 1.165) is 29.7 Å². The van der Waals surface area contributed by atoms with Crippen molar-refractivity contribution in [2.24, 2.45) is 0 Å². The molecular weight excluding hydrogens is 344 g/mol. The molecule has 27 heavy (non-hydrogen) atoms. The molecule has 0 radical (unpaired) electrons. The molecule has 7 nitrogen and oxygen atoms in total. The maximum Gasteiger partial charge on any atom is 0.273 e. The predicted molar refractivity (Wildman–Crippen MR) is 102 cm³/mol. The fraction of sp³-hybridized carbons (Fsp3) is 0.300. The highest BCUT2D eigenvalue weighted by Gasteiger charge is 2.29. The lowest BCUT2D eigenvalue weighted by molar-refractivity contribution is -0.385. The third kappa shape index (κ3) is 3.16. The summed E-state index contributed by atoms with van der Waals surface area (Å²) in [5, 5.41) is 11.2. The number of amides is 1. The molecule has 1 fully saturated rings. The van der Waals surface area contributed by atoms with Crippen LogP contribution in [0, 0.1) is 17.0 Å². The van der Waals surface area contributed by atoms with E-state index in [2.05, 4.69) is 9.97 Å². The number of imidazole rings is 1. The molecule has 3 aromatic rings. The van der Waals surface area contributed by atoms with E-state index >= 15 is 0 Å². The highest BCUT2D eigenvalue weighted by molar-refractivity contribution is 5.96. The Morgan fingerprint density at radius 3 is 2.85 bits per heavy atom. The number of fused-ring (bicyclic) bond motifs is 1. The molecule has 0 bridgehead atoms. The van der Waals surface area contributed by atoms with Gasteiger partial charge in [-0.1, -0.05) is 18.2 Å². The van der Waals surface area contributed by atoms with Crippen molar-refractivity contribution in [1.82, 2.24) is 14.9 Å². The number of benzene rings is 2. The summed E-state index contributed by atoms with van der Waals surface area (Å²) in [6.07, 6.45) is 1.83. The van der Waals surface area contributed by atoms with Crippen molar-refractivity contribution in [2.45, 2.75) is 25.7 Å². The molecule has 1 aliphatic rings. The SMILES string of the molecule is Cc1c(C(=O)N2CCC[C@@H](c3nc4ccccc4[nH]3)C2)cccc1[N+](=O)[O-]. The molecule has 0 saturated carbocycles. The number of nitrogens with zero attached hydrogens (tertiary/aromatic N) is 3. The summed E-state index contributed by atoms with van der Waals surface area (Å²) in [5.41, 5.74) is 2.70. The minimum absolute atomic E-state index is 0.0216. The lowest BCUT2D eigenvalue weighted by Gasteiger charge is -2.32. The zero-order valence-corrected chi connectivity index (χ0v) is 15.0. The zero-order chi connectivity index (χ0) is 19.0. The van der Waals surface area contributed by atoms with Crippen LogP contribution in [0.25, 0.3) is 11.0 Å². The van der Waals surface area contributed by atoms with Gasteiger partial charge in [-0.05, 0) is 38.0 Å². The maximum absolute atomic E-state index is 13.0. The number of piperidine rings is 1. The van der Waals surface area contributed by atoms with Crippen LogP contribution in [-0.4, -0.2) is 38.8 Å². The molecule has 4 rings (SSSR count). The normalized spacial score (nSPS) is 17.2. The maximum atomic E-state index is 13.0. The summed E-state index contributed by atoms with van der Waals surface area (Å²) in [6.45, 7) is 2.84. The number of para-hydroxylation sites is 2. The van der Waals surface area contributed by atoms with Gasteiger partial charge in [0.2, 0.25) is 0 Å². The first-order valence-electron chi connectivity index (χ1n) is 9.02. The van der Waals surface area contributed by atoms with E-state index in [1.807, 2.05) is 24.3 Å². The first kappa shape index (κ1) is 17.2. The van der Waals surface area contributed by atoms with Gasteiger partial charge in [0.05, 0.1) is 16.0 Å². The van der Waals surface area contributed by atoms with Crippen LogP contribution < -0.4 is 0 Å². The smallest absolute Gasteiger partial charge is 0.273 e. The Hall–Kier alpha value is -3.22. The van der Waals surface area contributed by atoms with Gasteiger partial charge in [0.1, 0.15) is 5.82 Å². The Morgan fingerprint density at radius 1 is 1.26 bits per heavy atom. The van der Waals surface area contributed by atoms with Gasteiger partial charge in [0, 0.05) is 36.2 Å². The van der Waals surface area contributed by atoms with Crippen LogP contribution in [0.1, 0.15) is 40.5 Å². The monoisotopic (exact) mass is 364 g/mol. The molecule has 138 valence electrons. The molecule has 0 spiro atoms. The Balaban J connectivity index is 1.59. The van der Waals surface area contributed by atoms with Gasteiger partial charge >= 0.3 is 0 Å². The number of rotatable bonds is 3. The van der Waals surface area contributed by atoms with Crippen molar-refractivity contribution in [3.63, 3.8) is 0 Å². The molecule has 1 saturated heterocycles. The number of nitrogens with one attached hydrogen (secondary N) is 1. The van der Waals surface area contributed by atoms with Gasteiger partial charge in [0.15, 0.2) is 0 Å². The second-order valence-corrected chi connectivity index (χ2v) is 6.94. The molecular formula is C20H20N4O3. The minimum atomic E-state index is -0.445. The molecule has 1 aliphatic heterocycles. The lowest BCUT2D eigenvalue weighted by Crippen LogP contribution is -2.39. The topological polar surface area (TPSA) is 92.1 Å². The Kier molecular flexibility index (Phi) is 4.35. The molecule has 0 unspecified atom stereocenters. The number of carbonyl (C=O) groups is 1. The van der Waals surface area contributed by atoms with Gasteiger partial charge in [0.25, 0.3) is 11.6 Å². The van der Waals surface area contributed by atoms with Crippen molar-refractivity contribution in [2.75, 3.05) is 13.1 Å². The first-order chi connectivity index (χ1) is 13.0. The number of carbonyl (C=O) groups excluding carboxylic acids is 1. The summed E-state index contributed by atoms with van der Waals surface area (Å²) < 4.78 is 0. The molecule has 2 aromatic carbocycles. The van der Waals surface area contributed by atoms with E-state index in [-0.39, 0.29) is 17.5 Å². The van der Waals surface area contributed by atoms with Crippen LogP contribution in [0.3, 0.4) is 0 Å². The van der Waals surface area contributed by atoms with Crippen LogP contribution in [0.2, 0.25) is 0 Å². The van der Waals surface area contributed by atoms with Crippen LogP contribution >= 0.6 is 0 Å². The van der Waals surface area contributed by atoms with Gasteiger partial charge in [-0.15, -0.1) is 0 Å². The van der Waals surface area contributed by atoms with E-state index in [0.29, 0.717) is 24.2 Å². The van der Waals surface area contributed by atoms with Gasteiger partial charge in [-0.3, -0.25) is 14.9 Å². The van der Waals surface area contributed by atoms with E-state index < -0.39 is 4.92 Å². The molecule has 1 amide bonds. The summed E-state index contributed by atoms with van der Waals surface area (Å²) >= 11 is 0. The van der Waals surface area contributed by atoms with E-state index in [1.165, 1.54) is 6.07 Å². The van der Waals surface area contributed by atoms with Crippen molar-refractivity contribution in [3.05, 3.63) is 69.5 Å². The van der Waals surface area contributed by atoms with Crippen molar-refractivity contribution in [3.8, 4) is 0 Å². The number of hydrogen-bond acceptors (Lipinski definition) is 4. The van der Waals surface area contributed by atoms with Crippen LogP contribution in [0.5, 0.6) is 0 Å². The standard InChI is InChI=1S/C20H20N4O3/c1-13-15(7-4-10-18(13)24(26)27)20(25)23-11-5-6-14(12-23)19-21-16-8-2-3-9-17(16)22-19/h2-4,7-10,14H,5-6,11-12H2,1H3,(H,21,22)/t14-/m1/s1. The molecule has 1 atom stereocenters. The Bertz CT molecular complexity index is 994. The van der Waals surface area contributed by atoms with Crippen LogP contribution in [0.15, 0.2) is 42.5 Å². The van der Waals surface area contributed by atoms with Crippen molar-refractivity contribution in [1.29, 1.82) is 0 Å². The highest BCUT2D eigenvalue weighted by atomic mass is 16.6. The van der Waals surface area contributed by atoms with Crippen LogP contribution in [-0.2, 0) is 0 Å². The lowest BCUT2D eigenvalue weighted by atomic mass is 9.96. The largest absolute Gasteiger partial charge is 0.342 e. The molecule has 7 heteroatoms. The second kappa shape index (κ2) is 6.83. The average molecular weight is 364 g/mol. The molecule has 2 heterocycles. The average Bonchev–Trinajstić information content (AvgIpc) is 3.12. The van der Waals surface area contributed by atoms with E-state index in [9.17, 15) is 14.9 Å². The quantitative estimate of drug-likeness (QED) is 0.565. The summed E-state index contributed by atoms with van der Waals surface area (Å²) in [4.78, 5) is 33.6. The van der Waals surface area contributed by atoms with Gasteiger partial charge < -0.3 is 9.88 Å². The fourth-order valence-electron chi connectivity index (χ4n) is 3.77. The number of nitro benzene ring substituents is 1. The second-order valence-electron chi connectivity index (χ2n) is 6.94. The third-order valence-electron chi connectivity index (χ3n) is 5.24. The molecule has 0 aliphatic carbocycles. The Labute approximate surface area is 156 Å². The zero-order valence-electron chi connectivity index (χ0n) is 15.0. The summed E-state index contributed by atoms with van der Waals surface area (Å²) in [5.74, 6) is 0.871.